The molecule has 2 amide bonds. The van der Waals surface area contributed by atoms with E-state index in [0.717, 1.165) is 31.3 Å². The molecular weight excluding hydrogens is 689 g/mol. The van der Waals surface area contributed by atoms with E-state index in [4.69, 9.17) is 9.15 Å². The van der Waals surface area contributed by atoms with Gasteiger partial charge < -0.3 is 29.2 Å². The number of allylic oxidation sites excluding steroid dienone is 2. The van der Waals surface area contributed by atoms with Gasteiger partial charge in [-0.25, -0.2) is 18.6 Å². The Morgan fingerprint density at radius 3 is 2.44 bits per heavy atom. The molecule has 1 saturated heterocycles. The van der Waals surface area contributed by atoms with Crippen molar-refractivity contribution in [2.45, 2.75) is 90.3 Å². The quantitative estimate of drug-likeness (QED) is 0.135. The summed E-state index contributed by atoms with van der Waals surface area (Å²) in [5.41, 5.74) is -3.46. The molecule has 0 aliphatic carbocycles. The van der Waals surface area contributed by atoms with Crippen LogP contribution in [0.4, 0.5) is 44.1 Å². The Morgan fingerprint density at radius 2 is 1.83 bits per heavy atom. The summed E-state index contributed by atoms with van der Waals surface area (Å²) in [5.74, 6) is -1.69. The fraction of sp³-hybridized carbons (Fsp3) is 0.472. The van der Waals surface area contributed by atoms with Crippen molar-refractivity contribution in [3.05, 3.63) is 65.1 Å². The Kier molecular flexibility index (Phi) is 11.0. The third-order valence-electron chi connectivity index (χ3n) is 8.54. The minimum atomic E-state index is -4.61. The Bertz CT molecular complexity index is 1830. The first-order valence-electron chi connectivity index (χ1n) is 16.9. The van der Waals surface area contributed by atoms with Crippen LogP contribution in [0.2, 0.25) is 0 Å². The second-order valence-corrected chi connectivity index (χ2v) is 14.0. The van der Waals surface area contributed by atoms with Gasteiger partial charge in [0, 0.05) is 37.8 Å². The van der Waals surface area contributed by atoms with Gasteiger partial charge in [-0.2, -0.15) is 13.2 Å². The van der Waals surface area contributed by atoms with Crippen molar-refractivity contribution in [3.8, 4) is 11.5 Å². The number of aromatic nitrogens is 2. The lowest BCUT2D eigenvalue weighted by Gasteiger charge is -2.27. The molecule has 1 N–H and O–H groups in total. The minimum Gasteiger partial charge on any atom is -0.444 e. The summed E-state index contributed by atoms with van der Waals surface area (Å²) in [5, 5.41) is 10.6. The molecule has 2 aliphatic heterocycles. The maximum absolute atomic E-state index is 16.7. The Morgan fingerprint density at radius 1 is 1.15 bits per heavy atom. The fourth-order valence-corrected chi connectivity index (χ4v) is 6.01. The number of hydrogen-bond acceptors (Lipinski definition) is 8. The maximum Gasteiger partial charge on any atom is 0.433 e. The number of fused-ring (bicyclic) bond motifs is 1. The highest BCUT2D eigenvalue weighted by Crippen LogP contribution is 2.44. The number of benzene rings is 2. The first kappa shape index (κ1) is 38.2. The predicted molar refractivity (Wildman–Crippen MR) is 186 cm³/mol. The molecule has 3 aromatic rings. The maximum atomic E-state index is 16.7. The van der Waals surface area contributed by atoms with Gasteiger partial charge in [0.1, 0.15) is 28.8 Å². The molecule has 16 heteroatoms. The standard InChI is InChI=1S/C36H42F5N7O4/c1-7-10-29(36(39,40)41)42-21-46(6)23-13-11-22(12-14-23)20-48-28-17-24(30-44-45-32(51-30)47-15-8-9-16-47)26(37)18-25(28)35(5,38)19-27(31(48)49)43-33(50)52-34(2,3)4/h10-14,17-18,21,27H,7-9,15-16,19-20H2,1-6H3,(H,43,50)/b29-10+,42-21?/t27-,35?/m1/s1. The summed E-state index contributed by atoms with van der Waals surface area (Å²) in [7, 11) is 1.53. The Balaban J connectivity index is 1.51. The first-order chi connectivity index (χ1) is 24.4. The number of aliphatic imine (C=N–C) groups is 1. The number of halogens is 5. The second kappa shape index (κ2) is 14.9. The second-order valence-electron chi connectivity index (χ2n) is 14.0. The van der Waals surface area contributed by atoms with Crippen LogP contribution in [0.25, 0.3) is 11.5 Å². The van der Waals surface area contributed by atoms with Crippen LogP contribution in [0.1, 0.15) is 71.4 Å². The van der Waals surface area contributed by atoms with Gasteiger partial charge in [-0.3, -0.25) is 4.79 Å². The van der Waals surface area contributed by atoms with Gasteiger partial charge in [0.15, 0.2) is 0 Å². The summed E-state index contributed by atoms with van der Waals surface area (Å²) in [6, 6.07) is 7.61. The van der Waals surface area contributed by atoms with E-state index in [1.165, 1.54) is 29.8 Å². The number of ether oxygens (including phenoxy) is 1. The topological polar surface area (TPSA) is 116 Å². The molecule has 1 aromatic heterocycles. The molecule has 2 aromatic carbocycles. The molecule has 1 unspecified atom stereocenters. The van der Waals surface area contributed by atoms with Crippen LogP contribution in [0.15, 0.2) is 57.6 Å². The third kappa shape index (κ3) is 8.88. The highest BCUT2D eigenvalue weighted by Gasteiger charge is 2.44. The van der Waals surface area contributed by atoms with Crippen molar-refractivity contribution in [2.75, 3.05) is 34.8 Å². The zero-order valence-corrected chi connectivity index (χ0v) is 29.9. The summed E-state index contributed by atoms with van der Waals surface area (Å²) in [6.45, 7) is 8.96. The van der Waals surface area contributed by atoms with Gasteiger partial charge in [0.25, 0.3) is 5.89 Å². The number of nitrogens with one attached hydrogen (secondary N) is 1. The van der Waals surface area contributed by atoms with Crippen molar-refractivity contribution < 1.29 is 40.7 Å². The van der Waals surface area contributed by atoms with Crippen molar-refractivity contribution in [3.63, 3.8) is 0 Å². The molecule has 0 saturated carbocycles. The van der Waals surface area contributed by atoms with E-state index < -0.39 is 53.4 Å². The number of alkyl halides is 4. The van der Waals surface area contributed by atoms with Crippen LogP contribution in [-0.4, -0.2) is 66.5 Å². The number of nitrogens with zero attached hydrogens (tertiary/aromatic N) is 6. The largest absolute Gasteiger partial charge is 0.444 e. The van der Waals surface area contributed by atoms with Gasteiger partial charge in [0.05, 0.1) is 24.1 Å². The smallest absolute Gasteiger partial charge is 0.433 e. The number of rotatable bonds is 9. The molecule has 2 atom stereocenters. The molecule has 11 nitrogen and oxygen atoms in total. The summed E-state index contributed by atoms with van der Waals surface area (Å²) >= 11 is 0. The SMILES string of the molecule is CC/C=C(/N=CN(C)c1ccc(CN2C(=O)[C@H](NC(=O)OC(C)(C)C)CC(C)(F)c3cc(F)c(-c4nnc(N5CCCC5)o4)cc32)cc1)C(F)(F)F. The highest BCUT2D eigenvalue weighted by molar-refractivity contribution is 6.01. The van der Waals surface area contributed by atoms with Crippen LogP contribution in [0.5, 0.6) is 0 Å². The van der Waals surface area contributed by atoms with Crippen molar-refractivity contribution in [1.29, 1.82) is 0 Å². The number of anilines is 3. The van der Waals surface area contributed by atoms with Crippen LogP contribution >= 0.6 is 0 Å². The predicted octanol–water partition coefficient (Wildman–Crippen LogP) is 7.81. The number of carbonyl (C=O) groups is 2. The molecule has 1 fully saturated rings. The van der Waals surface area contributed by atoms with Crippen LogP contribution in [0, 0.1) is 5.82 Å². The van der Waals surface area contributed by atoms with E-state index in [0.29, 0.717) is 24.3 Å². The first-order valence-corrected chi connectivity index (χ1v) is 16.9. The summed E-state index contributed by atoms with van der Waals surface area (Å²) in [4.78, 5) is 35.2. The lowest BCUT2D eigenvalue weighted by Crippen LogP contribution is -2.50. The molecule has 0 radical (unpaired) electrons. The number of amides is 2. The van der Waals surface area contributed by atoms with E-state index >= 15 is 8.78 Å². The van der Waals surface area contributed by atoms with E-state index in [1.807, 2.05) is 4.90 Å². The number of hydrogen-bond donors (Lipinski definition) is 1. The highest BCUT2D eigenvalue weighted by atomic mass is 19.4. The molecule has 52 heavy (non-hydrogen) atoms. The van der Waals surface area contributed by atoms with Crippen molar-refractivity contribution >= 4 is 35.7 Å². The van der Waals surface area contributed by atoms with E-state index in [2.05, 4.69) is 20.5 Å². The average Bonchev–Trinajstić information content (AvgIpc) is 3.75. The van der Waals surface area contributed by atoms with Gasteiger partial charge in [0.2, 0.25) is 5.91 Å². The average molecular weight is 732 g/mol. The molecule has 0 spiro atoms. The van der Waals surface area contributed by atoms with Crippen molar-refractivity contribution in [2.24, 2.45) is 4.99 Å². The van der Waals surface area contributed by atoms with Crippen molar-refractivity contribution in [1.82, 2.24) is 15.5 Å². The van der Waals surface area contributed by atoms with Crippen LogP contribution in [-0.2, 0) is 21.7 Å². The summed E-state index contributed by atoms with van der Waals surface area (Å²) < 4.78 is 83.6. The van der Waals surface area contributed by atoms with E-state index in [-0.39, 0.29) is 41.7 Å². The molecule has 5 rings (SSSR count). The molecule has 2 aliphatic rings. The van der Waals surface area contributed by atoms with Gasteiger partial charge in [-0.05, 0) is 76.8 Å². The number of carbonyl (C=O) groups excluding carboxylic acids is 2. The fourth-order valence-electron chi connectivity index (χ4n) is 6.01. The van der Waals surface area contributed by atoms with E-state index in [1.54, 1.807) is 52.0 Å². The molecular formula is C36H42F5N7O4. The monoisotopic (exact) mass is 731 g/mol. The van der Waals surface area contributed by atoms with E-state index in [9.17, 15) is 22.8 Å². The molecule has 280 valence electrons. The Labute approximate surface area is 298 Å². The van der Waals surface area contributed by atoms with Crippen LogP contribution in [0.3, 0.4) is 0 Å². The lowest BCUT2D eigenvalue weighted by molar-refractivity contribution is -0.121. The summed E-state index contributed by atoms with van der Waals surface area (Å²) in [6.07, 6.45) is -2.00. The normalized spacial score (nSPS) is 19.9. The third-order valence-corrected chi connectivity index (χ3v) is 8.54. The zero-order chi connectivity index (χ0) is 38.0. The van der Waals surface area contributed by atoms with Gasteiger partial charge >= 0.3 is 18.3 Å². The molecule has 0 bridgehead atoms. The lowest BCUT2D eigenvalue weighted by atomic mass is 9.90. The van der Waals surface area contributed by atoms with Crippen LogP contribution < -0.4 is 20.0 Å². The number of alkyl carbamates (subject to hydrolysis) is 1. The minimum absolute atomic E-state index is 0.0246. The van der Waals surface area contributed by atoms with Gasteiger partial charge in [-0.1, -0.05) is 30.2 Å². The molecule has 3 heterocycles. The van der Waals surface area contributed by atoms with Gasteiger partial charge in [-0.15, -0.1) is 5.10 Å². The zero-order valence-electron chi connectivity index (χ0n) is 29.9. The Hall–Kier alpha value is -5.02.